The SMILES string of the molecule is CC1=CC(=NSc2nc3ccccc3[nH]2)C(C)=CC1=O. The van der Waals surface area contributed by atoms with Crippen molar-refractivity contribution in [3.05, 3.63) is 47.6 Å². The highest BCUT2D eigenvalue weighted by atomic mass is 32.2. The number of nitrogens with one attached hydrogen (secondary N) is 1. The van der Waals surface area contributed by atoms with Crippen molar-refractivity contribution in [1.29, 1.82) is 0 Å². The predicted molar refractivity (Wildman–Crippen MR) is 81.9 cm³/mol. The summed E-state index contributed by atoms with van der Waals surface area (Å²) in [5.74, 6) is 0.0511. The van der Waals surface area contributed by atoms with Gasteiger partial charge in [-0.15, -0.1) is 0 Å². The van der Waals surface area contributed by atoms with Crippen LogP contribution in [0.3, 0.4) is 0 Å². The number of aromatic amines is 1. The molecule has 0 amide bonds. The molecule has 1 aromatic carbocycles. The Morgan fingerprint density at radius 2 is 1.95 bits per heavy atom. The highest BCUT2D eigenvalue weighted by Gasteiger charge is 2.13. The molecule has 2 aromatic rings. The molecule has 1 aliphatic carbocycles. The van der Waals surface area contributed by atoms with Crippen molar-refractivity contribution in [3.63, 3.8) is 0 Å². The monoisotopic (exact) mass is 283 g/mol. The number of ketones is 1. The maximum absolute atomic E-state index is 11.5. The summed E-state index contributed by atoms with van der Waals surface area (Å²) in [6.45, 7) is 3.69. The van der Waals surface area contributed by atoms with E-state index in [2.05, 4.69) is 14.4 Å². The summed E-state index contributed by atoms with van der Waals surface area (Å²) < 4.78 is 4.46. The van der Waals surface area contributed by atoms with Gasteiger partial charge in [0.15, 0.2) is 10.9 Å². The first-order valence-electron chi connectivity index (χ1n) is 6.24. The standard InChI is InChI=1S/C15H13N3OS/c1-9-8-14(19)10(2)7-13(9)18-20-15-16-11-5-3-4-6-12(11)17-15/h3-8H,1-2H3,(H,16,17). The van der Waals surface area contributed by atoms with Crippen LogP contribution in [-0.2, 0) is 4.79 Å². The van der Waals surface area contributed by atoms with Crippen LogP contribution in [-0.4, -0.2) is 21.5 Å². The fraction of sp³-hybridized carbons (Fsp3) is 0.133. The number of carbonyl (C=O) groups excluding carboxylic acids is 1. The molecule has 0 atom stereocenters. The van der Waals surface area contributed by atoms with E-state index in [9.17, 15) is 4.79 Å². The van der Waals surface area contributed by atoms with Gasteiger partial charge in [0.05, 0.1) is 28.7 Å². The number of hydrogen-bond donors (Lipinski definition) is 1. The van der Waals surface area contributed by atoms with Crippen LogP contribution in [0.2, 0.25) is 0 Å². The lowest BCUT2D eigenvalue weighted by atomic mass is 9.99. The van der Waals surface area contributed by atoms with Crippen molar-refractivity contribution in [1.82, 2.24) is 9.97 Å². The summed E-state index contributed by atoms with van der Waals surface area (Å²) in [6.07, 6.45) is 3.43. The fourth-order valence-electron chi connectivity index (χ4n) is 1.94. The number of carbonyl (C=O) groups is 1. The molecule has 0 fully saturated rings. The van der Waals surface area contributed by atoms with Gasteiger partial charge in [-0.05, 0) is 49.3 Å². The van der Waals surface area contributed by atoms with Crippen LogP contribution in [0, 0.1) is 0 Å². The van der Waals surface area contributed by atoms with Crippen LogP contribution in [0.5, 0.6) is 0 Å². The summed E-state index contributed by atoms with van der Waals surface area (Å²) in [7, 11) is 0. The van der Waals surface area contributed by atoms with Crippen molar-refractivity contribution >= 4 is 34.5 Å². The Labute approximate surface area is 120 Å². The highest BCUT2D eigenvalue weighted by molar-refractivity contribution is 7.98. The third-order valence-electron chi connectivity index (χ3n) is 3.09. The largest absolute Gasteiger partial charge is 0.331 e. The second-order valence-corrected chi connectivity index (χ2v) is 5.40. The molecule has 0 bridgehead atoms. The molecule has 0 spiro atoms. The van der Waals surface area contributed by atoms with E-state index >= 15 is 0 Å². The summed E-state index contributed by atoms with van der Waals surface area (Å²) in [6, 6.07) is 7.85. The fourth-order valence-corrected chi connectivity index (χ4v) is 2.61. The normalized spacial score (nSPS) is 17.5. The Balaban J connectivity index is 1.86. The molecule has 5 heteroatoms. The number of rotatable bonds is 2. The van der Waals surface area contributed by atoms with Gasteiger partial charge < -0.3 is 4.98 Å². The second-order valence-electron chi connectivity index (χ2n) is 4.65. The number of H-pyrrole nitrogens is 1. The van der Waals surface area contributed by atoms with E-state index in [-0.39, 0.29) is 5.78 Å². The molecule has 1 heterocycles. The Kier molecular flexibility index (Phi) is 3.28. The quantitative estimate of drug-likeness (QED) is 0.678. The Morgan fingerprint density at radius 3 is 2.75 bits per heavy atom. The maximum Gasteiger partial charge on any atom is 0.189 e. The minimum absolute atomic E-state index is 0.0511. The van der Waals surface area contributed by atoms with Gasteiger partial charge >= 0.3 is 0 Å². The van der Waals surface area contributed by atoms with Gasteiger partial charge in [0, 0.05) is 0 Å². The molecule has 100 valence electrons. The first-order valence-corrected chi connectivity index (χ1v) is 7.02. The van der Waals surface area contributed by atoms with E-state index in [4.69, 9.17) is 0 Å². The number of benzene rings is 1. The van der Waals surface area contributed by atoms with Crippen LogP contribution < -0.4 is 0 Å². The van der Waals surface area contributed by atoms with Gasteiger partial charge in [-0.1, -0.05) is 12.1 Å². The number of allylic oxidation sites excluding steroid dienone is 4. The van der Waals surface area contributed by atoms with Gasteiger partial charge in [-0.3, -0.25) is 4.79 Å². The topological polar surface area (TPSA) is 58.1 Å². The molecule has 1 aromatic heterocycles. The van der Waals surface area contributed by atoms with Gasteiger partial charge in [0.1, 0.15) is 0 Å². The highest BCUT2D eigenvalue weighted by Crippen LogP contribution is 2.22. The number of imidazole rings is 1. The molecule has 3 rings (SSSR count). The summed E-state index contributed by atoms with van der Waals surface area (Å²) in [4.78, 5) is 19.2. The third kappa shape index (κ3) is 2.44. The molecule has 0 aliphatic heterocycles. The van der Waals surface area contributed by atoms with E-state index < -0.39 is 0 Å². The first-order chi connectivity index (χ1) is 9.63. The Hall–Kier alpha value is -2.14. The van der Waals surface area contributed by atoms with Gasteiger partial charge in [0.25, 0.3) is 0 Å². The molecule has 0 radical (unpaired) electrons. The zero-order valence-corrected chi connectivity index (χ0v) is 12.0. The molecular formula is C15H13N3OS. The van der Waals surface area contributed by atoms with E-state index in [0.29, 0.717) is 5.57 Å². The maximum atomic E-state index is 11.5. The average Bonchev–Trinajstić information content (AvgIpc) is 2.84. The molecular weight excluding hydrogens is 270 g/mol. The lowest BCUT2D eigenvalue weighted by Crippen LogP contribution is -2.09. The van der Waals surface area contributed by atoms with Crippen molar-refractivity contribution < 1.29 is 4.79 Å². The molecule has 1 N–H and O–H groups in total. The van der Waals surface area contributed by atoms with Crippen molar-refractivity contribution in [2.75, 3.05) is 0 Å². The van der Waals surface area contributed by atoms with Crippen LogP contribution in [0.15, 0.2) is 57.1 Å². The van der Waals surface area contributed by atoms with Crippen LogP contribution in [0.4, 0.5) is 0 Å². The molecule has 0 saturated carbocycles. The molecule has 1 aliphatic rings. The number of para-hydroxylation sites is 2. The van der Waals surface area contributed by atoms with Crippen LogP contribution in [0.1, 0.15) is 13.8 Å². The van der Waals surface area contributed by atoms with Crippen LogP contribution in [0.25, 0.3) is 11.0 Å². The molecule has 0 unspecified atom stereocenters. The van der Waals surface area contributed by atoms with E-state index in [1.54, 1.807) is 13.0 Å². The minimum Gasteiger partial charge on any atom is -0.331 e. The third-order valence-corrected chi connectivity index (χ3v) is 3.75. The summed E-state index contributed by atoms with van der Waals surface area (Å²) >= 11 is 1.28. The molecule has 0 saturated heterocycles. The van der Waals surface area contributed by atoms with Gasteiger partial charge in [-0.25, -0.2) is 9.38 Å². The lowest BCUT2D eigenvalue weighted by Gasteiger charge is -2.08. The second kappa shape index (κ2) is 5.09. The summed E-state index contributed by atoms with van der Waals surface area (Å²) in [5.41, 5.74) is 4.32. The van der Waals surface area contributed by atoms with Gasteiger partial charge in [0.2, 0.25) is 0 Å². The first kappa shape index (κ1) is 12.9. The smallest absolute Gasteiger partial charge is 0.189 e. The lowest BCUT2D eigenvalue weighted by molar-refractivity contribution is -0.111. The van der Waals surface area contributed by atoms with E-state index in [0.717, 1.165) is 27.5 Å². The molecule has 20 heavy (non-hydrogen) atoms. The zero-order chi connectivity index (χ0) is 14.1. The van der Waals surface area contributed by atoms with Gasteiger partial charge in [-0.2, -0.15) is 0 Å². The average molecular weight is 283 g/mol. The summed E-state index contributed by atoms with van der Waals surface area (Å²) in [5, 5.41) is 0.745. The Morgan fingerprint density at radius 1 is 1.15 bits per heavy atom. The number of nitrogens with zero attached hydrogens (tertiary/aromatic N) is 2. The van der Waals surface area contributed by atoms with E-state index in [1.807, 2.05) is 37.3 Å². The number of hydrogen-bond acceptors (Lipinski definition) is 4. The zero-order valence-electron chi connectivity index (χ0n) is 11.2. The van der Waals surface area contributed by atoms with E-state index in [1.165, 1.54) is 11.9 Å². The Bertz CT molecular complexity index is 750. The minimum atomic E-state index is 0.0511. The number of fused-ring (bicyclic) bond motifs is 1. The van der Waals surface area contributed by atoms with Crippen molar-refractivity contribution in [2.24, 2.45) is 4.40 Å². The molecule has 4 nitrogen and oxygen atoms in total. The van der Waals surface area contributed by atoms with Crippen molar-refractivity contribution in [2.45, 2.75) is 19.0 Å². The van der Waals surface area contributed by atoms with Crippen molar-refractivity contribution in [3.8, 4) is 0 Å². The number of aromatic nitrogens is 2. The predicted octanol–water partition coefficient (Wildman–Crippen LogP) is 3.49. The van der Waals surface area contributed by atoms with Crippen LogP contribution >= 0.6 is 11.9 Å².